The first kappa shape index (κ1) is 8.73. The number of aromatic nitrogens is 2. The first-order valence-electron chi connectivity index (χ1n) is 3.62. The molecule has 0 saturated heterocycles. The van der Waals surface area contributed by atoms with Crippen molar-refractivity contribution in [3.63, 3.8) is 0 Å². The fraction of sp³-hybridized carbons (Fsp3) is 0.429. The highest BCUT2D eigenvalue weighted by Gasteiger charge is 2.00. The molecule has 0 aliphatic rings. The minimum Gasteiger partial charge on any atom is -0.391 e. The second-order valence-corrected chi connectivity index (χ2v) is 2.36. The van der Waals surface area contributed by atoms with Crippen LogP contribution in [0.2, 0.25) is 0 Å². The van der Waals surface area contributed by atoms with Gasteiger partial charge in [-0.25, -0.2) is 4.79 Å². The SMILES string of the molecule is CCn1cc(CO)c(=O)[nH]c1=O. The highest BCUT2D eigenvalue weighted by atomic mass is 16.3. The minimum absolute atomic E-state index is 0.205. The highest BCUT2D eigenvalue weighted by molar-refractivity contribution is 5.02. The fourth-order valence-corrected chi connectivity index (χ4v) is 0.902. The van der Waals surface area contributed by atoms with E-state index < -0.39 is 11.2 Å². The molecule has 0 bridgehead atoms. The van der Waals surface area contributed by atoms with Crippen LogP contribution in [0.15, 0.2) is 15.8 Å². The first-order valence-corrected chi connectivity index (χ1v) is 3.62. The second-order valence-electron chi connectivity index (χ2n) is 2.36. The van der Waals surface area contributed by atoms with Crippen LogP contribution >= 0.6 is 0 Å². The van der Waals surface area contributed by atoms with Gasteiger partial charge in [-0.2, -0.15) is 0 Å². The zero-order valence-electron chi connectivity index (χ0n) is 6.70. The molecule has 0 aliphatic heterocycles. The summed E-state index contributed by atoms with van der Waals surface area (Å²) in [6.07, 6.45) is 1.36. The molecule has 66 valence electrons. The lowest BCUT2D eigenvalue weighted by Gasteiger charge is -2.01. The Hall–Kier alpha value is -1.36. The van der Waals surface area contributed by atoms with Crippen LogP contribution in [-0.4, -0.2) is 14.7 Å². The molecular weight excluding hydrogens is 160 g/mol. The van der Waals surface area contributed by atoms with Crippen LogP contribution in [0.4, 0.5) is 0 Å². The van der Waals surface area contributed by atoms with Gasteiger partial charge in [0, 0.05) is 12.7 Å². The van der Waals surface area contributed by atoms with Gasteiger partial charge in [0.25, 0.3) is 5.56 Å². The molecule has 5 heteroatoms. The Kier molecular flexibility index (Phi) is 2.44. The number of aromatic amines is 1. The van der Waals surface area contributed by atoms with Gasteiger partial charge in [-0.3, -0.25) is 9.78 Å². The van der Waals surface area contributed by atoms with Gasteiger partial charge in [0.15, 0.2) is 0 Å². The average Bonchev–Trinajstić information content (AvgIpc) is 2.05. The van der Waals surface area contributed by atoms with Crippen LogP contribution in [0.25, 0.3) is 0 Å². The third-order valence-corrected chi connectivity index (χ3v) is 1.60. The van der Waals surface area contributed by atoms with E-state index in [2.05, 4.69) is 4.98 Å². The zero-order valence-corrected chi connectivity index (χ0v) is 6.70. The first-order chi connectivity index (χ1) is 5.69. The zero-order chi connectivity index (χ0) is 9.14. The lowest BCUT2D eigenvalue weighted by atomic mass is 10.3. The van der Waals surface area contributed by atoms with Crippen molar-refractivity contribution in [3.8, 4) is 0 Å². The molecule has 1 aromatic rings. The quantitative estimate of drug-likeness (QED) is 0.600. The van der Waals surface area contributed by atoms with Crippen molar-refractivity contribution in [1.82, 2.24) is 9.55 Å². The summed E-state index contributed by atoms with van der Waals surface area (Å²) in [6, 6.07) is 0. The van der Waals surface area contributed by atoms with E-state index in [1.165, 1.54) is 10.8 Å². The van der Waals surface area contributed by atoms with E-state index in [-0.39, 0.29) is 12.2 Å². The fourth-order valence-electron chi connectivity index (χ4n) is 0.902. The number of nitrogens with one attached hydrogen (secondary N) is 1. The van der Waals surface area contributed by atoms with Gasteiger partial charge in [0.2, 0.25) is 0 Å². The van der Waals surface area contributed by atoms with Crippen LogP contribution in [0, 0.1) is 0 Å². The van der Waals surface area contributed by atoms with E-state index in [0.29, 0.717) is 6.54 Å². The molecule has 12 heavy (non-hydrogen) atoms. The number of nitrogens with zero attached hydrogens (tertiary/aromatic N) is 1. The third kappa shape index (κ3) is 1.45. The van der Waals surface area contributed by atoms with Crippen molar-refractivity contribution >= 4 is 0 Å². The molecule has 0 aliphatic carbocycles. The monoisotopic (exact) mass is 170 g/mol. The van der Waals surface area contributed by atoms with Crippen molar-refractivity contribution < 1.29 is 5.11 Å². The second kappa shape index (κ2) is 3.36. The molecule has 0 amide bonds. The van der Waals surface area contributed by atoms with Gasteiger partial charge in [-0.05, 0) is 6.92 Å². The number of rotatable bonds is 2. The van der Waals surface area contributed by atoms with Crippen LogP contribution < -0.4 is 11.2 Å². The lowest BCUT2D eigenvalue weighted by molar-refractivity contribution is 0.278. The third-order valence-electron chi connectivity index (χ3n) is 1.60. The van der Waals surface area contributed by atoms with Crippen LogP contribution in [-0.2, 0) is 13.2 Å². The van der Waals surface area contributed by atoms with E-state index in [0.717, 1.165) is 0 Å². The summed E-state index contributed by atoms with van der Waals surface area (Å²) in [4.78, 5) is 24.0. The molecule has 5 nitrogen and oxygen atoms in total. The smallest absolute Gasteiger partial charge is 0.328 e. The molecule has 2 N–H and O–H groups in total. The predicted molar refractivity (Wildman–Crippen MR) is 42.9 cm³/mol. The summed E-state index contributed by atoms with van der Waals surface area (Å²) in [5.74, 6) is 0. The summed E-state index contributed by atoms with van der Waals surface area (Å²) in [5, 5.41) is 8.69. The van der Waals surface area contributed by atoms with Gasteiger partial charge >= 0.3 is 5.69 Å². The maximum absolute atomic E-state index is 11.0. The summed E-state index contributed by atoms with van der Waals surface area (Å²) >= 11 is 0. The molecule has 1 heterocycles. The summed E-state index contributed by atoms with van der Waals surface area (Å²) in [6.45, 7) is 1.90. The van der Waals surface area contributed by atoms with Gasteiger partial charge in [-0.15, -0.1) is 0 Å². The van der Waals surface area contributed by atoms with Crippen molar-refractivity contribution in [2.45, 2.75) is 20.1 Å². The van der Waals surface area contributed by atoms with Gasteiger partial charge in [0.1, 0.15) is 0 Å². The Morgan fingerprint density at radius 2 is 2.25 bits per heavy atom. The average molecular weight is 170 g/mol. The number of H-pyrrole nitrogens is 1. The normalized spacial score (nSPS) is 10.2. The predicted octanol–water partition coefficient (Wildman–Crippen LogP) is -0.951. The van der Waals surface area contributed by atoms with Crippen LogP contribution in [0.3, 0.4) is 0 Å². The lowest BCUT2D eigenvalue weighted by Crippen LogP contribution is -2.31. The molecular formula is C7H10N2O3. The molecule has 0 unspecified atom stereocenters. The number of hydrogen-bond acceptors (Lipinski definition) is 3. The molecule has 0 aromatic carbocycles. The molecule has 0 fully saturated rings. The van der Waals surface area contributed by atoms with Gasteiger partial charge in [-0.1, -0.05) is 0 Å². The Morgan fingerprint density at radius 3 is 2.75 bits per heavy atom. The summed E-state index contributed by atoms with van der Waals surface area (Å²) in [5.41, 5.74) is -0.761. The molecule has 0 atom stereocenters. The Labute approximate surface area is 68.3 Å². The molecule has 1 rings (SSSR count). The van der Waals surface area contributed by atoms with Gasteiger partial charge in [0.05, 0.1) is 12.2 Å². The van der Waals surface area contributed by atoms with E-state index in [9.17, 15) is 9.59 Å². The molecule has 1 aromatic heterocycles. The number of hydrogen-bond donors (Lipinski definition) is 2. The largest absolute Gasteiger partial charge is 0.391 e. The highest BCUT2D eigenvalue weighted by Crippen LogP contribution is 1.85. The topological polar surface area (TPSA) is 75.1 Å². The van der Waals surface area contributed by atoms with E-state index >= 15 is 0 Å². The summed E-state index contributed by atoms with van der Waals surface area (Å²) in [7, 11) is 0. The van der Waals surface area contributed by atoms with Crippen molar-refractivity contribution in [1.29, 1.82) is 0 Å². The summed E-state index contributed by atoms with van der Waals surface area (Å²) < 4.78 is 1.33. The standard InChI is InChI=1S/C7H10N2O3/c1-2-9-3-5(4-10)6(11)8-7(9)12/h3,10H,2,4H2,1H3,(H,8,11,12). The maximum Gasteiger partial charge on any atom is 0.328 e. The van der Waals surface area contributed by atoms with Crippen molar-refractivity contribution in [2.75, 3.05) is 0 Å². The number of aryl methyl sites for hydroxylation is 1. The Bertz CT molecular complexity index is 344. The Morgan fingerprint density at radius 1 is 1.58 bits per heavy atom. The minimum atomic E-state index is -0.521. The van der Waals surface area contributed by atoms with E-state index in [4.69, 9.17) is 5.11 Å². The number of aliphatic hydroxyl groups excluding tert-OH is 1. The van der Waals surface area contributed by atoms with E-state index in [1.54, 1.807) is 6.92 Å². The number of aliphatic hydroxyl groups is 1. The van der Waals surface area contributed by atoms with Crippen molar-refractivity contribution in [3.05, 3.63) is 32.6 Å². The van der Waals surface area contributed by atoms with E-state index in [1.807, 2.05) is 0 Å². The molecule has 0 saturated carbocycles. The molecule has 0 radical (unpaired) electrons. The van der Waals surface area contributed by atoms with Crippen molar-refractivity contribution in [2.24, 2.45) is 0 Å². The Balaban J connectivity index is 3.38. The molecule has 0 spiro atoms. The maximum atomic E-state index is 11.0. The van der Waals surface area contributed by atoms with Crippen LogP contribution in [0.1, 0.15) is 12.5 Å². The van der Waals surface area contributed by atoms with Gasteiger partial charge < -0.3 is 9.67 Å². The van der Waals surface area contributed by atoms with Crippen LogP contribution in [0.5, 0.6) is 0 Å².